The van der Waals surface area contributed by atoms with Crippen molar-refractivity contribution in [2.45, 2.75) is 6.04 Å². The van der Waals surface area contributed by atoms with Gasteiger partial charge in [-0.3, -0.25) is 4.79 Å². The van der Waals surface area contributed by atoms with E-state index in [9.17, 15) is 9.59 Å². The molecular weight excluding hydrogens is 425 g/mol. The molecule has 0 aliphatic carbocycles. The monoisotopic (exact) mass is 447 g/mol. The van der Waals surface area contributed by atoms with E-state index in [4.69, 9.17) is 22.6 Å². The minimum atomic E-state index is -0.453. The molecule has 4 heterocycles. The third-order valence-corrected chi connectivity index (χ3v) is 5.76. The van der Waals surface area contributed by atoms with Gasteiger partial charge in [-0.25, -0.2) is 19.4 Å². The Morgan fingerprint density at radius 3 is 2.52 bits per heavy atom. The van der Waals surface area contributed by atoms with Crippen molar-refractivity contribution in [3.63, 3.8) is 0 Å². The summed E-state index contributed by atoms with van der Waals surface area (Å²) in [6.45, 7) is 3.49. The third-order valence-electron chi connectivity index (χ3n) is 5.76. The number of fused-ring (bicyclic) bond motifs is 1. The van der Waals surface area contributed by atoms with Crippen LogP contribution >= 0.6 is 0 Å². The van der Waals surface area contributed by atoms with E-state index in [0.717, 1.165) is 5.56 Å². The smallest absolute Gasteiger partial charge is 0.318 e. The van der Waals surface area contributed by atoms with E-state index < -0.39 is 5.81 Å². The molecule has 0 saturated carbocycles. The first kappa shape index (κ1) is 21.1. The Hall–Kier alpha value is -3.74. The van der Waals surface area contributed by atoms with Crippen LogP contribution in [0.4, 0.5) is 21.1 Å². The third kappa shape index (κ3) is 4.06. The lowest BCUT2D eigenvalue weighted by Crippen LogP contribution is -2.50. The molecule has 2 saturated heterocycles. The maximum Gasteiger partial charge on any atom is 0.318 e. The summed E-state index contributed by atoms with van der Waals surface area (Å²) in [5.74, 6) is 0.763. The number of nitrogens with zero attached hydrogens (tertiary/aromatic N) is 7. The van der Waals surface area contributed by atoms with Gasteiger partial charge in [0.25, 0.3) is 0 Å². The van der Waals surface area contributed by atoms with Crippen LogP contribution in [-0.4, -0.2) is 96.0 Å². The molecule has 0 bridgehead atoms. The number of hydrogen-bond acceptors (Lipinski definition) is 8. The van der Waals surface area contributed by atoms with Crippen molar-refractivity contribution in [3.05, 3.63) is 24.3 Å². The lowest BCUT2D eigenvalue weighted by atomic mass is 10.0. The molecule has 2 aliphatic heterocycles. The number of morpholine rings is 1. The zero-order valence-corrected chi connectivity index (χ0v) is 18.1. The number of likely N-dealkylation sites (tertiary alicyclic amines) is 1. The number of anilines is 2. The van der Waals surface area contributed by atoms with Gasteiger partial charge in [-0.15, -0.1) is 5.10 Å². The first-order valence-electron chi connectivity index (χ1n) is 10.6. The number of carbonyl (C=O) groups is 2. The molecule has 2 radical (unpaired) electrons. The summed E-state index contributed by atoms with van der Waals surface area (Å²) in [7, 11) is 6.92. The normalized spacial score (nSPS) is 16.5. The Kier molecular flexibility index (Phi) is 5.54. The van der Waals surface area contributed by atoms with Gasteiger partial charge in [0.05, 0.1) is 19.3 Å². The molecule has 12 nitrogen and oxygen atoms in total. The van der Waals surface area contributed by atoms with E-state index in [2.05, 4.69) is 25.8 Å². The average molecular weight is 447 g/mol. The van der Waals surface area contributed by atoms with Crippen LogP contribution in [0.25, 0.3) is 22.6 Å². The van der Waals surface area contributed by atoms with Crippen LogP contribution in [0, 0.1) is 0 Å². The molecule has 168 valence electrons. The molecule has 2 N–H and O–H groups in total. The number of urea groups is 1. The van der Waals surface area contributed by atoms with Gasteiger partial charge in [-0.2, -0.15) is 0 Å². The number of carbonyl (C=O) groups excluding carboxylic acids is 2. The highest BCUT2D eigenvalue weighted by Gasteiger charge is 2.33. The molecule has 0 unspecified atom stereocenters. The molecule has 2 aromatic heterocycles. The summed E-state index contributed by atoms with van der Waals surface area (Å²) in [5.41, 5.74) is 2.65. The number of amides is 3. The largest absolute Gasteiger partial charge is 0.378 e. The van der Waals surface area contributed by atoms with Crippen molar-refractivity contribution >= 4 is 42.4 Å². The molecule has 5 rings (SSSR count). The molecule has 33 heavy (non-hydrogen) atoms. The number of hydrogen-bond donors (Lipinski definition) is 2. The van der Waals surface area contributed by atoms with E-state index in [-0.39, 0.29) is 12.1 Å². The van der Waals surface area contributed by atoms with Crippen LogP contribution in [0.5, 0.6) is 0 Å². The van der Waals surface area contributed by atoms with Crippen molar-refractivity contribution < 1.29 is 14.3 Å². The summed E-state index contributed by atoms with van der Waals surface area (Å²) in [4.78, 5) is 36.2. The van der Waals surface area contributed by atoms with Crippen LogP contribution in [0.3, 0.4) is 0 Å². The SMILES string of the molecule is [B]C(=O)N1CC(n2nnc3c(N4CCOCC4)nc(-c4ccc(NC(=O)NC)cc4)nc32)C1. The van der Waals surface area contributed by atoms with Crippen molar-refractivity contribution in [1.82, 2.24) is 35.2 Å². The minimum absolute atomic E-state index is 0.0538. The fourth-order valence-electron chi connectivity index (χ4n) is 3.87. The summed E-state index contributed by atoms with van der Waals surface area (Å²) in [6, 6.07) is 6.93. The molecule has 1 aromatic carbocycles. The van der Waals surface area contributed by atoms with Crippen LogP contribution in [-0.2, 0) is 4.74 Å². The van der Waals surface area contributed by atoms with Crippen molar-refractivity contribution in [1.29, 1.82) is 0 Å². The van der Waals surface area contributed by atoms with Gasteiger partial charge in [0.2, 0.25) is 7.85 Å². The fourth-order valence-corrected chi connectivity index (χ4v) is 3.87. The van der Waals surface area contributed by atoms with Crippen LogP contribution in [0.15, 0.2) is 24.3 Å². The first-order chi connectivity index (χ1) is 16.0. The minimum Gasteiger partial charge on any atom is -0.378 e. The van der Waals surface area contributed by atoms with Gasteiger partial charge < -0.3 is 25.2 Å². The molecule has 2 aliphatic rings. The molecular formula is C20H22BN9O3. The number of ether oxygens (including phenoxy) is 1. The highest BCUT2D eigenvalue weighted by Crippen LogP contribution is 2.30. The zero-order chi connectivity index (χ0) is 22.9. The van der Waals surface area contributed by atoms with E-state index >= 15 is 0 Å². The second kappa shape index (κ2) is 8.66. The fraction of sp³-hybridized carbons (Fsp3) is 0.400. The maximum atomic E-state index is 11.6. The second-order valence-corrected chi connectivity index (χ2v) is 7.85. The molecule has 3 amide bonds. The number of benzene rings is 1. The van der Waals surface area contributed by atoms with Gasteiger partial charge in [0.1, 0.15) is 0 Å². The van der Waals surface area contributed by atoms with E-state index in [1.165, 1.54) is 0 Å². The Morgan fingerprint density at radius 1 is 1.12 bits per heavy atom. The quantitative estimate of drug-likeness (QED) is 0.557. The van der Waals surface area contributed by atoms with Crippen molar-refractivity contribution in [2.24, 2.45) is 0 Å². The Morgan fingerprint density at radius 2 is 1.85 bits per heavy atom. The van der Waals surface area contributed by atoms with Crippen molar-refractivity contribution in [2.75, 3.05) is 56.7 Å². The van der Waals surface area contributed by atoms with Crippen LogP contribution in [0.2, 0.25) is 0 Å². The average Bonchev–Trinajstić information content (AvgIpc) is 3.22. The molecule has 3 aromatic rings. The summed E-state index contributed by atoms with van der Waals surface area (Å²) in [5, 5.41) is 14.0. The highest BCUT2D eigenvalue weighted by atomic mass is 16.5. The Labute approximate surface area is 190 Å². The highest BCUT2D eigenvalue weighted by molar-refractivity contribution is 6.57. The van der Waals surface area contributed by atoms with E-state index in [1.54, 1.807) is 28.8 Å². The lowest BCUT2D eigenvalue weighted by Gasteiger charge is -2.38. The number of rotatable bonds is 4. The lowest BCUT2D eigenvalue weighted by molar-refractivity contribution is 0.122. The summed E-state index contributed by atoms with van der Waals surface area (Å²) >= 11 is 0. The van der Waals surface area contributed by atoms with Gasteiger partial charge in [0, 0.05) is 44.5 Å². The molecule has 0 atom stereocenters. The predicted molar refractivity (Wildman–Crippen MR) is 121 cm³/mol. The second-order valence-electron chi connectivity index (χ2n) is 7.85. The zero-order valence-electron chi connectivity index (χ0n) is 18.1. The topological polar surface area (TPSA) is 130 Å². The van der Waals surface area contributed by atoms with Crippen LogP contribution in [0.1, 0.15) is 6.04 Å². The Bertz CT molecular complexity index is 1190. The van der Waals surface area contributed by atoms with E-state index in [0.29, 0.717) is 67.9 Å². The van der Waals surface area contributed by atoms with Gasteiger partial charge in [-0.1, -0.05) is 5.21 Å². The number of aromatic nitrogens is 5. The maximum absolute atomic E-state index is 11.6. The predicted octanol–water partition coefficient (Wildman–Crippen LogP) is 0.621. The van der Waals surface area contributed by atoms with Crippen molar-refractivity contribution in [3.8, 4) is 11.4 Å². The first-order valence-corrected chi connectivity index (χ1v) is 10.6. The van der Waals surface area contributed by atoms with Crippen LogP contribution < -0.4 is 15.5 Å². The van der Waals surface area contributed by atoms with Gasteiger partial charge in [0.15, 0.2) is 28.6 Å². The Balaban J connectivity index is 1.53. The summed E-state index contributed by atoms with van der Waals surface area (Å²) < 4.78 is 7.23. The van der Waals surface area contributed by atoms with Gasteiger partial charge in [-0.05, 0) is 24.3 Å². The van der Waals surface area contributed by atoms with E-state index in [1.807, 2.05) is 12.1 Å². The number of nitrogens with one attached hydrogen (secondary N) is 2. The summed E-state index contributed by atoms with van der Waals surface area (Å²) in [6.07, 6.45) is 0. The van der Waals surface area contributed by atoms with Gasteiger partial charge >= 0.3 is 6.03 Å². The standard InChI is InChI=1S/C20H22BN9O3/c1-22-20(32)23-13-4-2-12(3-5-13)16-24-17(28-6-8-33-9-7-28)15-18(25-16)30(27-26-15)14-10-29(11-14)19(21)31/h2-5,14H,6-11H2,1H3,(H2,22,23,32). The molecule has 0 spiro atoms. The molecule has 13 heteroatoms. The molecule has 2 fully saturated rings.